The summed E-state index contributed by atoms with van der Waals surface area (Å²) in [7, 11) is 1.49. The topological polar surface area (TPSA) is 104 Å². The second-order valence-electron chi connectivity index (χ2n) is 17.0. The van der Waals surface area contributed by atoms with Crippen LogP contribution in [0.3, 0.4) is 0 Å². The fraction of sp³-hybridized carbons (Fsp3) is 0.638. The van der Waals surface area contributed by atoms with Crippen LogP contribution in [0.1, 0.15) is 143 Å². The molecule has 10 heteroatoms. The van der Waals surface area contributed by atoms with E-state index in [1.54, 1.807) is 26.8 Å². The Morgan fingerprint density at radius 2 is 1.40 bits per heavy atom. The quantitative estimate of drug-likeness (QED) is 0.0509. The van der Waals surface area contributed by atoms with E-state index >= 15 is 4.79 Å². The average Bonchev–Trinajstić information content (AvgIpc) is 3.79. The van der Waals surface area contributed by atoms with Crippen LogP contribution in [0.2, 0.25) is 0 Å². The number of allylic oxidation sites excluding steroid dienone is 1. The highest BCUT2D eigenvalue weighted by Gasteiger charge is 2.59. The van der Waals surface area contributed by atoms with Crippen molar-refractivity contribution in [1.29, 1.82) is 0 Å². The molecule has 2 atom stereocenters. The molecule has 4 rings (SSSR count). The molecule has 0 bridgehead atoms. The largest absolute Gasteiger partial charge is 0.458 e. The smallest absolute Gasteiger partial charge is 0.343 e. The van der Waals surface area contributed by atoms with Crippen molar-refractivity contribution < 1.29 is 38.4 Å². The molecule has 0 spiro atoms. The molecule has 0 saturated carbocycles. The fourth-order valence-electron chi connectivity index (χ4n) is 8.26. The van der Waals surface area contributed by atoms with E-state index in [1.807, 2.05) is 74.5 Å². The van der Waals surface area contributed by atoms with Crippen molar-refractivity contribution in [2.45, 2.75) is 160 Å². The van der Waals surface area contributed by atoms with Crippen molar-refractivity contribution in [2.24, 2.45) is 5.92 Å². The maximum absolute atomic E-state index is 15.2. The fourth-order valence-corrected chi connectivity index (χ4v) is 8.59. The summed E-state index contributed by atoms with van der Waals surface area (Å²) in [5.74, 6) is -2.10. The van der Waals surface area contributed by atoms with E-state index in [4.69, 9.17) is 35.9 Å². The number of esters is 1. The molecule has 9 nitrogen and oxygen atoms in total. The normalized spacial score (nSPS) is 19.1. The Bertz CT molecular complexity index is 1540. The van der Waals surface area contributed by atoms with Gasteiger partial charge in [0.2, 0.25) is 0 Å². The molecule has 2 saturated heterocycles. The molecule has 0 aromatic heterocycles. The summed E-state index contributed by atoms with van der Waals surface area (Å²) in [5, 5.41) is 12.4. The molecular formula is C47H69NO8S. The predicted molar refractivity (Wildman–Crippen MR) is 229 cm³/mol. The zero-order valence-corrected chi connectivity index (χ0v) is 36.5. The predicted octanol–water partition coefficient (Wildman–Crippen LogP) is 9.97. The van der Waals surface area contributed by atoms with Crippen LogP contribution in [0.25, 0.3) is 0 Å². The number of aliphatic hydroxyl groups is 1. The van der Waals surface area contributed by atoms with Gasteiger partial charge in [0.05, 0.1) is 24.8 Å². The van der Waals surface area contributed by atoms with E-state index in [9.17, 15) is 9.90 Å². The molecule has 2 fully saturated rings. The van der Waals surface area contributed by atoms with Crippen molar-refractivity contribution in [1.82, 2.24) is 4.90 Å². The Labute approximate surface area is 347 Å². The summed E-state index contributed by atoms with van der Waals surface area (Å²) in [5.41, 5.74) is -2.79. The summed E-state index contributed by atoms with van der Waals surface area (Å²) >= 11 is 5.94. The van der Waals surface area contributed by atoms with Gasteiger partial charge in [-0.3, -0.25) is 9.69 Å². The number of unbranched alkanes of at least 4 members (excludes halogenated alkanes) is 9. The van der Waals surface area contributed by atoms with E-state index in [0.717, 1.165) is 62.5 Å². The zero-order valence-electron chi connectivity index (χ0n) is 35.7. The number of hydrogen-bond donors (Lipinski definition) is 1. The molecule has 1 amide bonds. The van der Waals surface area contributed by atoms with Gasteiger partial charge in [-0.2, -0.15) is 0 Å². The number of amides is 1. The van der Waals surface area contributed by atoms with Crippen molar-refractivity contribution in [3.8, 4) is 0 Å². The van der Waals surface area contributed by atoms with Gasteiger partial charge in [0.15, 0.2) is 17.0 Å². The van der Waals surface area contributed by atoms with Gasteiger partial charge < -0.3 is 28.8 Å². The number of hydrogen-bond acceptors (Lipinski definition) is 9. The summed E-state index contributed by atoms with van der Waals surface area (Å²) in [6, 6.07) is 18.9. The van der Waals surface area contributed by atoms with Gasteiger partial charge in [0.1, 0.15) is 5.60 Å². The second-order valence-corrected chi connectivity index (χ2v) is 17.3. The highest BCUT2D eigenvalue weighted by Crippen LogP contribution is 2.48. The Hall–Kier alpha value is -3.15. The molecule has 2 heterocycles. The molecule has 0 aliphatic carbocycles. The summed E-state index contributed by atoms with van der Waals surface area (Å²) < 4.78 is 30.2. The molecule has 2 aliphatic rings. The van der Waals surface area contributed by atoms with Gasteiger partial charge in [-0.15, -0.1) is 0 Å². The molecule has 57 heavy (non-hydrogen) atoms. The maximum Gasteiger partial charge on any atom is 0.343 e. The number of ether oxygens (including phenoxy) is 5. The zero-order chi connectivity index (χ0) is 41.5. The van der Waals surface area contributed by atoms with Crippen LogP contribution >= 0.6 is 12.2 Å². The summed E-state index contributed by atoms with van der Waals surface area (Å²) in [6.45, 7) is 12.8. The standard InChI is InChI=1S/C47H69NO8S/c1-8-9-10-14-23-30-45(53-34-35-54-45)31-24-15-12-11-13-22-29-39(46(51,32-33-52-7)42(50)55-44(4,5)6)41(49)48-40(36(2)3)47(56-43(48)57,37-25-18-16-19-26-37)38-27-20-17-21-28-38/h16-21,25-29,36,40,51H,8-15,22-24,30-35H2,1-7H3/b39-29+/t40-,46-/m0/s1. The van der Waals surface area contributed by atoms with Crippen molar-refractivity contribution in [3.05, 3.63) is 83.4 Å². The second kappa shape index (κ2) is 21.7. The van der Waals surface area contributed by atoms with Gasteiger partial charge >= 0.3 is 5.97 Å². The van der Waals surface area contributed by atoms with E-state index < -0.39 is 40.5 Å². The van der Waals surface area contributed by atoms with E-state index in [1.165, 1.54) is 37.7 Å². The van der Waals surface area contributed by atoms with Crippen LogP contribution in [0.15, 0.2) is 72.3 Å². The molecular weight excluding hydrogens is 739 g/mol. The minimum Gasteiger partial charge on any atom is -0.458 e. The molecule has 2 aliphatic heterocycles. The van der Waals surface area contributed by atoms with Crippen LogP contribution in [0.4, 0.5) is 0 Å². The number of methoxy groups -OCH3 is 1. The van der Waals surface area contributed by atoms with Gasteiger partial charge in [0.25, 0.3) is 11.1 Å². The molecule has 1 N–H and O–H groups in total. The van der Waals surface area contributed by atoms with Crippen LogP contribution < -0.4 is 0 Å². The lowest BCUT2D eigenvalue weighted by Crippen LogP contribution is -2.54. The molecule has 0 unspecified atom stereocenters. The van der Waals surface area contributed by atoms with Crippen LogP contribution in [-0.2, 0) is 38.9 Å². The van der Waals surface area contributed by atoms with Gasteiger partial charge in [-0.1, -0.05) is 132 Å². The lowest BCUT2D eigenvalue weighted by Gasteiger charge is -2.39. The number of rotatable bonds is 23. The SMILES string of the molecule is CCCCCCCC1(CCCCCCC/C=C(\C(=O)N2C(=S)OC(c3ccccc3)(c3ccccc3)[C@@H]2C(C)C)[C@@](O)(CCOC)C(=O)OC(C)(C)C)OCCO1. The number of nitrogens with zero attached hydrogens (tertiary/aromatic N) is 1. The lowest BCUT2D eigenvalue weighted by molar-refractivity contribution is -0.176. The summed E-state index contributed by atoms with van der Waals surface area (Å²) in [6.07, 6.45) is 14.6. The van der Waals surface area contributed by atoms with Crippen LogP contribution in [-0.4, -0.2) is 77.0 Å². The van der Waals surface area contributed by atoms with Crippen molar-refractivity contribution in [2.75, 3.05) is 26.9 Å². The Kier molecular flexibility index (Phi) is 17.7. The first-order chi connectivity index (χ1) is 27.2. The third kappa shape index (κ3) is 12.0. The highest BCUT2D eigenvalue weighted by atomic mass is 32.1. The Morgan fingerprint density at radius 1 is 0.877 bits per heavy atom. The van der Waals surface area contributed by atoms with E-state index in [-0.39, 0.29) is 29.7 Å². The number of carbonyl (C=O) groups is 2. The van der Waals surface area contributed by atoms with Crippen LogP contribution in [0, 0.1) is 5.92 Å². The Balaban J connectivity index is 1.59. The van der Waals surface area contributed by atoms with Crippen molar-refractivity contribution >= 4 is 29.3 Å². The molecule has 2 aromatic carbocycles. The monoisotopic (exact) mass is 807 g/mol. The first kappa shape index (κ1) is 46.5. The third-order valence-electron chi connectivity index (χ3n) is 11.1. The average molecular weight is 808 g/mol. The lowest BCUT2D eigenvalue weighted by atomic mass is 9.75. The van der Waals surface area contributed by atoms with Gasteiger partial charge in [-0.05, 0) is 64.6 Å². The third-order valence-corrected chi connectivity index (χ3v) is 11.3. The van der Waals surface area contributed by atoms with Crippen LogP contribution in [0.5, 0.6) is 0 Å². The molecule has 0 radical (unpaired) electrons. The molecule has 2 aromatic rings. The van der Waals surface area contributed by atoms with E-state index in [0.29, 0.717) is 19.6 Å². The van der Waals surface area contributed by atoms with Crippen molar-refractivity contribution in [3.63, 3.8) is 0 Å². The maximum atomic E-state index is 15.2. The first-order valence-corrected chi connectivity index (χ1v) is 21.8. The summed E-state index contributed by atoms with van der Waals surface area (Å²) in [4.78, 5) is 30.8. The van der Waals surface area contributed by atoms with E-state index in [2.05, 4.69) is 6.92 Å². The number of thiocarbonyl (C=S) groups is 1. The highest BCUT2D eigenvalue weighted by molar-refractivity contribution is 7.80. The minimum absolute atomic E-state index is 0.0144. The Morgan fingerprint density at radius 3 is 1.91 bits per heavy atom. The molecule has 316 valence electrons. The number of carbonyl (C=O) groups excluding carboxylic acids is 2. The van der Waals surface area contributed by atoms with Gasteiger partial charge in [-0.25, -0.2) is 4.79 Å². The minimum atomic E-state index is -2.31. The van der Waals surface area contributed by atoms with Gasteiger partial charge in [0, 0.05) is 44.1 Å². The first-order valence-electron chi connectivity index (χ1n) is 21.4. The number of benzene rings is 2.